The Labute approximate surface area is 154 Å². The van der Waals surface area contributed by atoms with Gasteiger partial charge in [-0.15, -0.1) is 11.8 Å². The molecule has 1 fully saturated rings. The Balaban J connectivity index is 1.48. The number of aromatic nitrogens is 1. The third kappa shape index (κ3) is 5.58. The van der Waals surface area contributed by atoms with Gasteiger partial charge in [-0.3, -0.25) is 4.79 Å². The standard InChI is InChI=1S/C20H25N3OS/c1-16-6-5-7-18(14-16)22-20(24)17-8-9-19(21-15-17)25-13-12-23-10-3-2-4-11-23/h5-9,14-15H,2-4,10-13H2,1H3,(H,22,24). The number of pyridine rings is 1. The zero-order chi connectivity index (χ0) is 17.5. The average molecular weight is 356 g/mol. The van der Waals surface area contributed by atoms with Crippen LogP contribution in [0, 0.1) is 6.92 Å². The molecule has 2 aromatic rings. The van der Waals surface area contributed by atoms with Gasteiger partial charge in [0.1, 0.15) is 0 Å². The highest BCUT2D eigenvalue weighted by Gasteiger charge is 2.10. The van der Waals surface area contributed by atoms with Crippen LogP contribution in [0.5, 0.6) is 0 Å². The van der Waals surface area contributed by atoms with Crippen LogP contribution in [0.25, 0.3) is 0 Å². The van der Waals surface area contributed by atoms with Gasteiger partial charge in [-0.2, -0.15) is 0 Å². The largest absolute Gasteiger partial charge is 0.322 e. The molecule has 1 N–H and O–H groups in total. The van der Waals surface area contributed by atoms with Gasteiger partial charge in [0.25, 0.3) is 5.91 Å². The molecule has 1 aliphatic heterocycles. The second kappa shape index (κ2) is 9.02. The molecule has 1 saturated heterocycles. The Bertz CT molecular complexity index is 696. The number of piperidine rings is 1. The molecule has 0 atom stereocenters. The van der Waals surface area contributed by atoms with Crippen molar-refractivity contribution in [2.45, 2.75) is 31.2 Å². The lowest BCUT2D eigenvalue weighted by molar-refractivity contribution is 0.102. The summed E-state index contributed by atoms with van der Waals surface area (Å²) >= 11 is 1.76. The summed E-state index contributed by atoms with van der Waals surface area (Å²) in [6.07, 6.45) is 5.69. The van der Waals surface area contributed by atoms with Gasteiger partial charge in [-0.1, -0.05) is 18.6 Å². The maximum atomic E-state index is 12.3. The van der Waals surface area contributed by atoms with E-state index in [1.165, 1.54) is 32.4 Å². The Kier molecular flexibility index (Phi) is 6.48. The molecule has 1 amide bonds. The molecule has 0 spiro atoms. The smallest absolute Gasteiger partial charge is 0.257 e. The molecule has 25 heavy (non-hydrogen) atoms. The van der Waals surface area contributed by atoms with E-state index >= 15 is 0 Å². The highest BCUT2D eigenvalue weighted by Crippen LogP contribution is 2.18. The zero-order valence-electron chi connectivity index (χ0n) is 14.7. The zero-order valence-corrected chi connectivity index (χ0v) is 15.5. The van der Waals surface area contributed by atoms with E-state index in [0.29, 0.717) is 5.56 Å². The third-order valence-electron chi connectivity index (χ3n) is 4.38. The Morgan fingerprint density at radius 3 is 2.76 bits per heavy atom. The Morgan fingerprint density at radius 1 is 1.20 bits per heavy atom. The molecule has 4 nitrogen and oxygen atoms in total. The van der Waals surface area contributed by atoms with Gasteiger partial charge in [0.05, 0.1) is 10.6 Å². The van der Waals surface area contributed by atoms with Gasteiger partial charge in [-0.05, 0) is 62.7 Å². The summed E-state index contributed by atoms with van der Waals surface area (Å²) in [6.45, 7) is 5.58. The number of hydrogen-bond acceptors (Lipinski definition) is 4. The molecular formula is C20H25N3OS. The number of amides is 1. The Morgan fingerprint density at radius 2 is 2.04 bits per heavy atom. The molecule has 0 aliphatic carbocycles. The van der Waals surface area contributed by atoms with Crippen LogP contribution in [0.15, 0.2) is 47.6 Å². The number of nitrogens with zero attached hydrogens (tertiary/aromatic N) is 2. The SMILES string of the molecule is Cc1cccc(NC(=O)c2ccc(SCCN3CCCCC3)nc2)c1. The number of nitrogens with one attached hydrogen (secondary N) is 1. The van der Waals surface area contributed by atoms with Gasteiger partial charge in [0.15, 0.2) is 0 Å². The van der Waals surface area contributed by atoms with Crippen molar-refractivity contribution in [3.63, 3.8) is 0 Å². The number of benzene rings is 1. The fourth-order valence-electron chi connectivity index (χ4n) is 2.99. The van der Waals surface area contributed by atoms with E-state index in [1.807, 2.05) is 43.3 Å². The van der Waals surface area contributed by atoms with Crippen LogP contribution in [0.3, 0.4) is 0 Å². The van der Waals surface area contributed by atoms with Crippen molar-refractivity contribution in [2.75, 3.05) is 30.7 Å². The number of likely N-dealkylation sites (tertiary alicyclic amines) is 1. The normalized spacial score (nSPS) is 15.1. The van der Waals surface area contributed by atoms with Gasteiger partial charge in [-0.25, -0.2) is 4.98 Å². The molecule has 5 heteroatoms. The number of aryl methyl sites for hydroxylation is 1. The first-order chi connectivity index (χ1) is 12.2. The average Bonchev–Trinajstić information content (AvgIpc) is 2.63. The fraction of sp³-hybridized carbons (Fsp3) is 0.400. The quantitative estimate of drug-likeness (QED) is 0.788. The van der Waals surface area contributed by atoms with Crippen molar-refractivity contribution in [1.82, 2.24) is 9.88 Å². The first-order valence-corrected chi connectivity index (χ1v) is 9.88. The van der Waals surface area contributed by atoms with E-state index in [1.54, 1.807) is 18.0 Å². The molecule has 0 unspecified atom stereocenters. The summed E-state index contributed by atoms with van der Waals surface area (Å²) in [6, 6.07) is 11.6. The number of thioether (sulfide) groups is 1. The molecule has 1 aromatic carbocycles. The van der Waals surface area contributed by atoms with Crippen LogP contribution >= 0.6 is 11.8 Å². The maximum absolute atomic E-state index is 12.3. The van der Waals surface area contributed by atoms with Crippen LogP contribution in [0.1, 0.15) is 35.2 Å². The lowest BCUT2D eigenvalue weighted by atomic mass is 10.1. The molecule has 2 heterocycles. The van der Waals surface area contributed by atoms with E-state index < -0.39 is 0 Å². The fourth-order valence-corrected chi connectivity index (χ4v) is 3.84. The van der Waals surface area contributed by atoms with Crippen LogP contribution in [0.4, 0.5) is 5.69 Å². The summed E-state index contributed by atoms with van der Waals surface area (Å²) < 4.78 is 0. The lowest BCUT2D eigenvalue weighted by Crippen LogP contribution is -2.31. The number of anilines is 1. The topological polar surface area (TPSA) is 45.2 Å². The molecule has 3 rings (SSSR count). The minimum atomic E-state index is -0.122. The lowest BCUT2D eigenvalue weighted by Gasteiger charge is -2.25. The first-order valence-electron chi connectivity index (χ1n) is 8.90. The molecular weight excluding hydrogens is 330 g/mol. The van der Waals surface area contributed by atoms with E-state index in [0.717, 1.165) is 28.6 Å². The number of hydrogen-bond donors (Lipinski definition) is 1. The molecule has 1 aromatic heterocycles. The highest BCUT2D eigenvalue weighted by molar-refractivity contribution is 7.99. The first kappa shape index (κ1) is 18.0. The maximum Gasteiger partial charge on any atom is 0.257 e. The van der Waals surface area contributed by atoms with Gasteiger partial charge in [0.2, 0.25) is 0 Å². The van der Waals surface area contributed by atoms with Crippen molar-refractivity contribution >= 4 is 23.4 Å². The summed E-state index contributed by atoms with van der Waals surface area (Å²) in [5, 5.41) is 3.89. The van der Waals surface area contributed by atoms with E-state index in [-0.39, 0.29) is 5.91 Å². The van der Waals surface area contributed by atoms with E-state index in [2.05, 4.69) is 15.2 Å². The van der Waals surface area contributed by atoms with Crippen LogP contribution in [0.2, 0.25) is 0 Å². The summed E-state index contributed by atoms with van der Waals surface area (Å²) in [5.41, 5.74) is 2.52. The number of rotatable bonds is 6. The third-order valence-corrected chi connectivity index (χ3v) is 5.30. The van der Waals surface area contributed by atoms with Crippen molar-refractivity contribution in [1.29, 1.82) is 0 Å². The van der Waals surface area contributed by atoms with E-state index in [9.17, 15) is 4.79 Å². The van der Waals surface area contributed by atoms with Gasteiger partial charge in [0, 0.05) is 24.2 Å². The predicted octanol–water partition coefficient (Wildman–Crippen LogP) is 4.22. The minimum Gasteiger partial charge on any atom is -0.322 e. The summed E-state index contributed by atoms with van der Waals surface area (Å²) in [4.78, 5) is 19.2. The Hall–Kier alpha value is -1.85. The number of carbonyl (C=O) groups is 1. The number of carbonyl (C=O) groups excluding carboxylic acids is 1. The monoisotopic (exact) mass is 355 g/mol. The summed E-state index contributed by atoms with van der Waals surface area (Å²) in [7, 11) is 0. The van der Waals surface area contributed by atoms with Crippen molar-refractivity contribution in [2.24, 2.45) is 0 Å². The molecule has 1 aliphatic rings. The van der Waals surface area contributed by atoms with E-state index in [4.69, 9.17) is 0 Å². The molecule has 0 radical (unpaired) electrons. The molecule has 0 saturated carbocycles. The second-order valence-electron chi connectivity index (χ2n) is 6.46. The summed E-state index contributed by atoms with van der Waals surface area (Å²) in [5.74, 6) is 0.921. The van der Waals surface area contributed by atoms with Crippen LogP contribution < -0.4 is 5.32 Å². The molecule has 132 valence electrons. The van der Waals surface area contributed by atoms with Crippen LogP contribution in [-0.2, 0) is 0 Å². The minimum absolute atomic E-state index is 0.122. The van der Waals surface area contributed by atoms with Crippen LogP contribution in [-0.4, -0.2) is 41.2 Å². The highest BCUT2D eigenvalue weighted by atomic mass is 32.2. The predicted molar refractivity (Wildman–Crippen MR) is 104 cm³/mol. The van der Waals surface area contributed by atoms with Crippen molar-refractivity contribution in [3.05, 3.63) is 53.7 Å². The van der Waals surface area contributed by atoms with Gasteiger partial charge < -0.3 is 10.2 Å². The van der Waals surface area contributed by atoms with Gasteiger partial charge >= 0.3 is 0 Å². The van der Waals surface area contributed by atoms with Crippen molar-refractivity contribution < 1.29 is 4.79 Å². The van der Waals surface area contributed by atoms with Crippen molar-refractivity contribution in [3.8, 4) is 0 Å². The molecule has 0 bridgehead atoms. The second-order valence-corrected chi connectivity index (χ2v) is 7.57.